The van der Waals surface area contributed by atoms with Crippen molar-refractivity contribution in [1.29, 1.82) is 0 Å². The van der Waals surface area contributed by atoms with Gasteiger partial charge >= 0.3 is 5.97 Å². The van der Waals surface area contributed by atoms with Crippen LogP contribution in [0.2, 0.25) is 0 Å². The summed E-state index contributed by atoms with van der Waals surface area (Å²) in [4.78, 5) is 12.7. The van der Waals surface area contributed by atoms with Gasteiger partial charge in [0.05, 0.1) is 16.8 Å². The van der Waals surface area contributed by atoms with E-state index in [4.69, 9.17) is 0 Å². The summed E-state index contributed by atoms with van der Waals surface area (Å²) in [5.74, 6) is -0.134. The quantitative estimate of drug-likeness (QED) is 0.850. The van der Waals surface area contributed by atoms with Crippen LogP contribution in [0.25, 0.3) is 10.7 Å². The zero-order valence-electron chi connectivity index (χ0n) is 12.5. The van der Waals surface area contributed by atoms with Crippen LogP contribution in [0, 0.1) is 5.41 Å². The zero-order chi connectivity index (χ0) is 15.5. The lowest BCUT2D eigenvalue weighted by Crippen LogP contribution is -2.35. The van der Waals surface area contributed by atoms with Crippen LogP contribution in [-0.2, 0) is 17.8 Å². The van der Waals surface area contributed by atoms with Crippen LogP contribution in [0.5, 0.6) is 0 Å². The number of hydrogen-bond acceptors (Lipinski definition) is 5. The van der Waals surface area contributed by atoms with Gasteiger partial charge in [0.2, 0.25) is 0 Å². The van der Waals surface area contributed by atoms with E-state index in [1.165, 1.54) is 5.56 Å². The maximum Gasteiger partial charge on any atom is 0.311 e. The highest BCUT2D eigenvalue weighted by Crippen LogP contribution is 2.32. The second-order valence-electron chi connectivity index (χ2n) is 5.08. The molecule has 2 aromatic rings. The van der Waals surface area contributed by atoms with E-state index in [9.17, 15) is 9.90 Å². The number of tetrazole rings is 1. The lowest BCUT2D eigenvalue weighted by molar-refractivity contribution is -0.150. The van der Waals surface area contributed by atoms with E-state index in [2.05, 4.69) is 28.5 Å². The Morgan fingerprint density at radius 2 is 2.10 bits per heavy atom. The van der Waals surface area contributed by atoms with Gasteiger partial charge in [-0.05, 0) is 46.7 Å². The first-order chi connectivity index (χ1) is 10.1. The molecule has 0 aliphatic carbocycles. The van der Waals surface area contributed by atoms with Crippen molar-refractivity contribution in [3.63, 3.8) is 0 Å². The summed E-state index contributed by atoms with van der Waals surface area (Å²) < 4.78 is 1.63. The van der Waals surface area contributed by atoms with Crippen molar-refractivity contribution >= 4 is 17.3 Å². The first kappa shape index (κ1) is 15.6. The van der Waals surface area contributed by atoms with Crippen LogP contribution in [0.4, 0.5) is 0 Å². The normalized spacial score (nSPS) is 11.8. The fraction of sp³-hybridized carbons (Fsp3) is 0.571. The zero-order valence-corrected chi connectivity index (χ0v) is 13.4. The van der Waals surface area contributed by atoms with Crippen LogP contribution in [0.15, 0.2) is 11.4 Å². The number of nitrogens with zero attached hydrogens (tertiary/aromatic N) is 4. The van der Waals surface area contributed by atoms with E-state index in [0.29, 0.717) is 25.2 Å². The van der Waals surface area contributed by atoms with E-state index in [1.54, 1.807) is 16.0 Å². The number of aliphatic carboxylic acids is 1. The number of hydrogen-bond donors (Lipinski definition) is 1. The summed E-state index contributed by atoms with van der Waals surface area (Å²) in [5, 5.41) is 23.4. The number of aryl methyl sites for hydroxylation is 1. The molecule has 2 rings (SSSR count). The van der Waals surface area contributed by atoms with Gasteiger partial charge in [-0.15, -0.1) is 16.4 Å². The molecule has 6 nitrogen and oxygen atoms in total. The molecule has 7 heteroatoms. The van der Waals surface area contributed by atoms with E-state index in [1.807, 2.05) is 19.2 Å². The van der Waals surface area contributed by atoms with Crippen LogP contribution >= 0.6 is 11.3 Å². The predicted octanol–water partition coefficient (Wildman–Crippen LogP) is 2.86. The van der Waals surface area contributed by atoms with E-state index >= 15 is 0 Å². The van der Waals surface area contributed by atoms with Crippen LogP contribution in [-0.4, -0.2) is 31.3 Å². The molecule has 0 saturated heterocycles. The van der Waals surface area contributed by atoms with Crippen molar-refractivity contribution in [2.24, 2.45) is 5.41 Å². The second-order valence-corrected chi connectivity index (χ2v) is 6.00. The molecule has 0 amide bonds. The van der Waals surface area contributed by atoms with Gasteiger partial charge in [-0.1, -0.05) is 20.8 Å². The molecule has 0 fully saturated rings. The van der Waals surface area contributed by atoms with Crippen molar-refractivity contribution in [3.05, 3.63) is 17.0 Å². The molecule has 0 aliphatic heterocycles. The highest BCUT2D eigenvalue weighted by molar-refractivity contribution is 7.13. The topological polar surface area (TPSA) is 80.9 Å². The monoisotopic (exact) mass is 308 g/mol. The number of carbonyl (C=O) groups is 1. The van der Waals surface area contributed by atoms with E-state index in [0.717, 1.165) is 11.3 Å². The second kappa shape index (κ2) is 6.34. The van der Waals surface area contributed by atoms with Crippen LogP contribution < -0.4 is 0 Å². The number of thiophene rings is 1. The minimum Gasteiger partial charge on any atom is -0.481 e. The highest BCUT2D eigenvalue weighted by atomic mass is 32.1. The summed E-state index contributed by atoms with van der Waals surface area (Å²) >= 11 is 1.58. The smallest absolute Gasteiger partial charge is 0.311 e. The number of aromatic nitrogens is 4. The molecule has 21 heavy (non-hydrogen) atoms. The molecule has 0 atom stereocenters. The predicted molar refractivity (Wildman–Crippen MR) is 81.2 cm³/mol. The lowest BCUT2D eigenvalue weighted by atomic mass is 9.82. The highest BCUT2D eigenvalue weighted by Gasteiger charge is 2.36. The van der Waals surface area contributed by atoms with Gasteiger partial charge < -0.3 is 5.11 Å². The number of carboxylic acid groups (broad SMARTS) is 1. The largest absolute Gasteiger partial charge is 0.481 e. The van der Waals surface area contributed by atoms with Gasteiger partial charge in [0.15, 0.2) is 5.82 Å². The first-order valence-electron chi connectivity index (χ1n) is 7.14. The number of rotatable bonds is 7. The summed E-state index contributed by atoms with van der Waals surface area (Å²) in [6, 6.07) is 2.06. The summed E-state index contributed by atoms with van der Waals surface area (Å²) in [5.41, 5.74) is 0.360. The van der Waals surface area contributed by atoms with Crippen LogP contribution in [0.3, 0.4) is 0 Å². The van der Waals surface area contributed by atoms with Gasteiger partial charge in [0, 0.05) is 0 Å². The van der Waals surface area contributed by atoms with Gasteiger partial charge in [-0.2, -0.15) is 0 Å². The van der Waals surface area contributed by atoms with Gasteiger partial charge in [-0.25, -0.2) is 4.68 Å². The Kier molecular flexibility index (Phi) is 4.72. The van der Waals surface area contributed by atoms with Gasteiger partial charge in [0.1, 0.15) is 0 Å². The third-order valence-electron chi connectivity index (χ3n) is 4.12. The maximum absolute atomic E-state index is 11.7. The standard InChI is InChI=1S/C14H20N4O2S/c1-4-10-7-8-21-11(10)12-15-16-17-18(12)9-14(5-2,6-3)13(19)20/h7-8H,4-6,9H2,1-3H3,(H,19,20). The Balaban J connectivity index is 2.39. The molecule has 0 aromatic carbocycles. The minimum absolute atomic E-state index is 0.290. The molecule has 114 valence electrons. The fourth-order valence-electron chi connectivity index (χ4n) is 2.41. The molecule has 2 heterocycles. The van der Waals surface area contributed by atoms with Gasteiger partial charge in [0.25, 0.3) is 0 Å². The average Bonchev–Trinajstić information content (AvgIpc) is 3.12. The van der Waals surface area contributed by atoms with Crippen molar-refractivity contribution in [1.82, 2.24) is 20.2 Å². The SMILES string of the molecule is CCc1ccsc1-c1nnnn1CC(CC)(CC)C(=O)O. The Bertz CT molecular complexity index is 616. The molecule has 1 N–H and O–H groups in total. The molecule has 0 bridgehead atoms. The Hall–Kier alpha value is -1.76. The van der Waals surface area contributed by atoms with E-state index < -0.39 is 11.4 Å². The summed E-state index contributed by atoms with van der Waals surface area (Å²) in [7, 11) is 0. The fourth-order valence-corrected chi connectivity index (χ4v) is 3.40. The Morgan fingerprint density at radius 3 is 2.67 bits per heavy atom. The molecule has 2 aromatic heterocycles. The minimum atomic E-state index is -0.826. The maximum atomic E-state index is 11.7. The Morgan fingerprint density at radius 1 is 1.38 bits per heavy atom. The molecular formula is C14H20N4O2S. The molecule has 0 aliphatic rings. The Labute approximate surface area is 127 Å². The molecule has 0 saturated carbocycles. The average molecular weight is 308 g/mol. The van der Waals surface area contributed by atoms with E-state index in [-0.39, 0.29) is 0 Å². The molecular weight excluding hydrogens is 288 g/mol. The molecule has 0 unspecified atom stereocenters. The lowest BCUT2D eigenvalue weighted by Gasteiger charge is -2.26. The third-order valence-corrected chi connectivity index (χ3v) is 5.07. The third kappa shape index (κ3) is 2.83. The van der Waals surface area contributed by atoms with Gasteiger partial charge in [-0.3, -0.25) is 4.79 Å². The summed E-state index contributed by atoms with van der Waals surface area (Å²) in [6.45, 7) is 6.16. The van der Waals surface area contributed by atoms with Crippen molar-refractivity contribution in [2.75, 3.05) is 0 Å². The molecule has 0 spiro atoms. The van der Waals surface area contributed by atoms with Crippen molar-refractivity contribution in [3.8, 4) is 10.7 Å². The van der Waals surface area contributed by atoms with Crippen molar-refractivity contribution < 1.29 is 9.90 Å². The summed E-state index contributed by atoms with van der Waals surface area (Å²) in [6.07, 6.45) is 1.99. The number of carboxylic acids is 1. The van der Waals surface area contributed by atoms with Crippen LogP contribution in [0.1, 0.15) is 39.2 Å². The molecule has 0 radical (unpaired) electrons. The van der Waals surface area contributed by atoms with Crippen molar-refractivity contribution in [2.45, 2.75) is 46.6 Å². The first-order valence-corrected chi connectivity index (χ1v) is 8.02.